The van der Waals surface area contributed by atoms with Gasteiger partial charge in [0.05, 0.1) is 14.2 Å². The predicted octanol–water partition coefficient (Wildman–Crippen LogP) is 3.28. The van der Waals surface area contributed by atoms with Crippen LogP contribution in [0.5, 0.6) is 11.5 Å². The van der Waals surface area contributed by atoms with Crippen molar-refractivity contribution in [2.24, 2.45) is 11.7 Å². The fourth-order valence-electron chi connectivity index (χ4n) is 2.79. The van der Waals surface area contributed by atoms with Crippen LogP contribution in [0.25, 0.3) is 0 Å². The lowest BCUT2D eigenvalue weighted by molar-refractivity contribution is 0.346. The van der Waals surface area contributed by atoms with Gasteiger partial charge in [0.25, 0.3) is 0 Å². The zero-order valence-corrected chi connectivity index (χ0v) is 13.1. The monoisotopic (exact) mass is 281 g/mol. The fourth-order valence-corrected chi connectivity index (χ4v) is 4.26. The number of benzene rings is 1. The molecule has 106 valence electrons. The average Bonchev–Trinajstić information content (AvgIpc) is 2.38. The number of methoxy groups -OCH3 is 2. The third-order valence-corrected chi connectivity index (χ3v) is 5.48. The molecule has 19 heavy (non-hydrogen) atoms. The molecule has 0 fully saturated rings. The van der Waals surface area contributed by atoms with Gasteiger partial charge < -0.3 is 15.2 Å². The minimum Gasteiger partial charge on any atom is -0.493 e. The summed E-state index contributed by atoms with van der Waals surface area (Å²) in [4.78, 5) is 0. The highest BCUT2D eigenvalue weighted by Crippen LogP contribution is 2.48. The second kappa shape index (κ2) is 5.63. The number of ether oxygens (including phenoxy) is 2. The standard InChI is InChI=1S/C15H23NO2S/c1-8(2)15-13(16)12-10(7-19-15)9(3)6-11(17-4)14(12)18-5/h6,8,13,15H,7,16H2,1-5H3. The molecule has 2 unspecified atom stereocenters. The van der Waals surface area contributed by atoms with Crippen LogP contribution >= 0.6 is 11.8 Å². The molecule has 0 bridgehead atoms. The molecule has 1 aromatic rings. The van der Waals surface area contributed by atoms with E-state index in [-0.39, 0.29) is 6.04 Å². The highest BCUT2D eigenvalue weighted by atomic mass is 32.2. The van der Waals surface area contributed by atoms with Crippen LogP contribution in [0, 0.1) is 12.8 Å². The third kappa shape index (κ3) is 2.43. The van der Waals surface area contributed by atoms with Gasteiger partial charge in [-0.15, -0.1) is 0 Å². The Morgan fingerprint density at radius 2 is 2.00 bits per heavy atom. The SMILES string of the molecule is COc1cc(C)c2c(c1OC)C(N)C(C(C)C)SC2. The molecule has 2 rings (SSSR count). The van der Waals surface area contributed by atoms with Crippen LogP contribution in [0.3, 0.4) is 0 Å². The van der Waals surface area contributed by atoms with E-state index in [1.165, 1.54) is 11.1 Å². The summed E-state index contributed by atoms with van der Waals surface area (Å²) in [6.45, 7) is 6.56. The summed E-state index contributed by atoms with van der Waals surface area (Å²) < 4.78 is 11.0. The van der Waals surface area contributed by atoms with Gasteiger partial charge in [0.15, 0.2) is 11.5 Å². The van der Waals surface area contributed by atoms with Crippen LogP contribution in [0.2, 0.25) is 0 Å². The molecular formula is C15H23NO2S. The maximum Gasteiger partial charge on any atom is 0.165 e. The van der Waals surface area contributed by atoms with E-state index in [4.69, 9.17) is 15.2 Å². The van der Waals surface area contributed by atoms with Crippen molar-refractivity contribution in [3.63, 3.8) is 0 Å². The number of hydrogen-bond donors (Lipinski definition) is 1. The van der Waals surface area contributed by atoms with Crippen molar-refractivity contribution < 1.29 is 9.47 Å². The van der Waals surface area contributed by atoms with Crippen LogP contribution in [-0.4, -0.2) is 19.5 Å². The summed E-state index contributed by atoms with van der Waals surface area (Å²) in [5, 5.41) is 0.424. The van der Waals surface area contributed by atoms with Gasteiger partial charge in [0.2, 0.25) is 0 Å². The highest BCUT2D eigenvalue weighted by molar-refractivity contribution is 7.99. The Morgan fingerprint density at radius 3 is 2.53 bits per heavy atom. The molecule has 0 spiro atoms. The Balaban J connectivity index is 2.59. The van der Waals surface area contributed by atoms with Gasteiger partial charge in [-0.25, -0.2) is 0 Å². The lowest BCUT2D eigenvalue weighted by Gasteiger charge is -2.35. The topological polar surface area (TPSA) is 44.5 Å². The highest BCUT2D eigenvalue weighted by Gasteiger charge is 2.34. The molecule has 2 atom stereocenters. The minimum atomic E-state index is -0.00231. The van der Waals surface area contributed by atoms with Crippen molar-refractivity contribution >= 4 is 11.8 Å². The maximum atomic E-state index is 6.50. The summed E-state index contributed by atoms with van der Waals surface area (Å²) in [6.07, 6.45) is 0. The van der Waals surface area contributed by atoms with Gasteiger partial charge in [-0.2, -0.15) is 11.8 Å². The Hall–Kier alpha value is -0.870. The minimum absolute atomic E-state index is 0.00231. The molecule has 0 amide bonds. The summed E-state index contributed by atoms with van der Waals surface area (Å²) >= 11 is 1.95. The molecule has 0 aliphatic carbocycles. The maximum absolute atomic E-state index is 6.50. The second-order valence-electron chi connectivity index (χ2n) is 5.37. The Morgan fingerprint density at radius 1 is 1.32 bits per heavy atom. The lowest BCUT2D eigenvalue weighted by atomic mass is 9.90. The number of nitrogens with two attached hydrogens (primary N) is 1. The van der Waals surface area contributed by atoms with Crippen LogP contribution < -0.4 is 15.2 Å². The van der Waals surface area contributed by atoms with E-state index in [1.54, 1.807) is 14.2 Å². The molecule has 1 aliphatic heterocycles. The van der Waals surface area contributed by atoms with Crippen LogP contribution in [0.4, 0.5) is 0 Å². The van der Waals surface area contributed by atoms with Crippen molar-refractivity contribution in [3.05, 3.63) is 22.8 Å². The van der Waals surface area contributed by atoms with Crippen molar-refractivity contribution in [2.75, 3.05) is 14.2 Å². The van der Waals surface area contributed by atoms with Crippen molar-refractivity contribution in [1.82, 2.24) is 0 Å². The molecular weight excluding hydrogens is 258 g/mol. The molecule has 0 radical (unpaired) electrons. The van der Waals surface area contributed by atoms with Crippen molar-refractivity contribution in [2.45, 2.75) is 37.8 Å². The van der Waals surface area contributed by atoms with Crippen LogP contribution in [0.1, 0.15) is 36.6 Å². The van der Waals surface area contributed by atoms with E-state index in [1.807, 2.05) is 17.8 Å². The summed E-state index contributed by atoms with van der Waals surface area (Å²) in [5.74, 6) is 3.13. The number of rotatable bonds is 3. The molecule has 0 saturated carbocycles. The van der Waals surface area contributed by atoms with E-state index in [9.17, 15) is 0 Å². The Kier molecular flexibility index (Phi) is 4.31. The van der Waals surface area contributed by atoms with E-state index in [0.717, 1.165) is 22.8 Å². The fraction of sp³-hybridized carbons (Fsp3) is 0.600. The number of thioether (sulfide) groups is 1. The van der Waals surface area contributed by atoms with Gasteiger partial charge in [-0.1, -0.05) is 13.8 Å². The first-order valence-electron chi connectivity index (χ1n) is 6.62. The largest absolute Gasteiger partial charge is 0.493 e. The van der Waals surface area contributed by atoms with Gasteiger partial charge in [0.1, 0.15) is 0 Å². The molecule has 1 aliphatic rings. The second-order valence-corrected chi connectivity index (χ2v) is 6.53. The third-order valence-electron chi connectivity index (χ3n) is 3.81. The molecule has 4 heteroatoms. The summed E-state index contributed by atoms with van der Waals surface area (Å²) in [7, 11) is 3.36. The van der Waals surface area contributed by atoms with Crippen LogP contribution in [-0.2, 0) is 5.75 Å². The average molecular weight is 281 g/mol. The zero-order valence-electron chi connectivity index (χ0n) is 12.3. The van der Waals surface area contributed by atoms with Gasteiger partial charge in [-0.05, 0) is 30.0 Å². The predicted molar refractivity (Wildman–Crippen MR) is 81.1 cm³/mol. The summed E-state index contributed by atoms with van der Waals surface area (Å²) in [6, 6.07) is 2.04. The smallest absolute Gasteiger partial charge is 0.165 e. The van der Waals surface area contributed by atoms with Gasteiger partial charge in [0, 0.05) is 22.6 Å². The first-order valence-corrected chi connectivity index (χ1v) is 7.67. The quantitative estimate of drug-likeness (QED) is 0.923. The number of aryl methyl sites for hydroxylation is 1. The number of fused-ring (bicyclic) bond motifs is 1. The van der Waals surface area contributed by atoms with Crippen molar-refractivity contribution in [1.29, 1.82) is 0 Å². The lowest BCUT2D eigenvalue weighted by Crippen LogP contribution is -2.32. The first kappa shape index (κ1) is 14.5. The van der Waals surface area contributed by atoms with E-state index in [0.29, 0.717) is 11.2 Å². The Bertz CT molecular complexity index is 474. The van der Waals surface area contributed by atoms with E-state index >= 15 is 0 Å². The molecule has 3 nitrogen and oxygen atoms in total. The molecule has 2 N–H and O–H groups in total. The first-order chi connectivity index (χ1) is 9.01. The van der Waals surface area contributed by atoms with Gasteiger partial charge in [-0.3, -0.25) is 0 Å². The molecule has 1 aromatic carbocycles. The van der Waals surface area contributed by atoms with Crippen LogP contribution in [0.15, 0.2) is 6.07 Å². The number of hydrogen-bond acceptors (Lipinski definition) is 4. The van der Waals surface area contributed by atoms with E-state index < -0.39 is 0 Å². The van der Waals surface area contributed by atoms with Gasteiger partial charge >= 0.3 is 0 Å². The van der Waals surface area contributed by atoms with Crippen molar-refractivity contribution in [3.8, 4) is 11.5 Å². The van der Waals surface area contributed by atoms with E-state index in [2.05, 4.69) is 20.8 Å². The zero-order chi connectivity index (χ0) is 14.2. The molecule has 1 heterocycles. The normalized spacial score (nSPS) is 22.3. The molecule has 0 saturated heterocycles. The molecule has 0 aromatic heterocycles. The Labute approximate surface area is 119 Å². The summed E-state index contributed by atoms with van der Waals surface area (Å²) in [5.41, 5.74) is 10.2.